The van der Waals surface area contributed by atoms with Crippen molar-refractivity contribution in [2.24, 2.45) is 17.8 Å². The van der Waals surface area contributed by atoms with Crippen LogP contribution in [0.25, 0.3) is 0 Å². The lowest BCUT2D eigenvalue weighted by atomic mass is 9.80. The number of aliphatic carboxylic acids is 1. The zero-order valence-electron chi connectivity index (χ0n) is 11.3. The van der Waals surface area contributed by atoms with Gasteiger partial charge in [0.2, 0.25) is 5.91 Å². The van der Waals surface area contributed by atoms with Crippen LogP contribution in [-0.2, 0) is 9.59 Å². The third-order valence-corrected chi connectivity index (χ3v) is 4.56. The van der Waals surface area contributed by atoms with Gasteiger partial charge in [0.15, 0.2) is 0 Å². The predicted octanol–water partition coefficient (Wildman–Crippen LogP) is 1.11. The van der Waals surface area contributed by atoms with Crippen molar-refractivity contribution in [2.45, 2.75) is 38.5 Å². The second-order valence-electron chi connectivity index (χ2n) is 5.85. The molecule has 1 amide bonds. The number of aliphatic hydroxyl groups is 1. The molecule has 1 saturated carbocycles. The summed E-state index contributed by atoms with van der Waals surface area (Å²) in [4.78, 5) is 25.3. The van der Waals surface area contributed by atoms with Crippen molar-refractivity contribution in [3.63, 3.8) is 0 Å². The molecule has 2 fully saturated rings. The molecule has 5 heteroatoms. The molecule has 0 aromatic rings. The molecule has 2 aliphatic rings. The van der Waals surface area contributed by atoms with Crippen molar-refractivity contribution in [1.29, 1.82) is 0 Å². The van der Waals surface area contributed by atoms with Gasteiger partial charge in [0, 0.05) is 25.6 Å². The minimum Gasteiger partial charge on any atom is -0.481 e. The second kappa shape index (κ2) is 6.37. The summed E-state index contributed by atoms with van der Waals surface area (Å²) < 4.78 is 0. The molecular formula is C14H23NO4. The molecule has 1 aliphatic carbocycles. The Morgan fingerprint density at radius 2 is 1.68 bits per heavy atom. The molecule has 0 bridgehead atoms. The normalized spacial score (nSPS) is 29.2. The molecule has 2 N–H and O–H groups in total. The Labute approximate surface area is 113 Å². The minimum absolute atomic E-state index is 0.111. The molecule has 5 nitrogen and oxygen atoms in total. The van der Waals surface area contributed by atoms with Gasteiger partial charge in [-0.05, 0) is 38.0 Å². The van der Waals surface area contributed by atoms with Crippen molar-refractivity contribution < 1.29 is 19.8 Å². The van der Waals surface area contributed by atoms with Gasteiger partial charge >= 0.3 is 5.97 Å². The number of rotatable bonds is 3. The number of likely N-dealkylation sites (tertiary alicyclic amines) is 1. The second-order valence-corrected chi connectivity index (χ2v) is 5.85. The van der Waals surface area contributed by atoms with E-state index in [0.717, 1.165) is 25.7 Å². The molecule has 0 aromatic heterocycles. The quantitative estimate of drug-likeness (QED) is 0.804. The van der Waals surface area contributed by atoms with Crippen molar-refractivity contribution in [2.75, 3.05) is 19.7 Å². The fourth-order valence-electron chi connectivity index (χ4n) is 3.23. The number of carboxylic acids is 1. The van der Waals surface area contributed by atoms with Crippen LogP contribution >= 0.6 is 0 Å². The van der Waals surface area contributed by atoms with Gasteiger partial charge < -0.3 is 15.1 Å². The summed E-state index contributed by atoms with van der Waals surface area (Å²) in [6, 6.07) is 0. The van der Waals surface area contributed by atoms with E-state index in [-0.39, 0.29) is 24.3 Å². The first kappa shape index (κ1) is 14.3. The maximum Gasteiger partial charge on any atom is 0.306 e. The van der Waals surface area contributed by atoms with E-state index in [2.05, 4.69) is 0 Å². The lowest BCUT2D eigenvalue weighted by Crippen LogP contribution is -2.43. The highest BCUT2D eigenvalue weighted by Gasteiger charge is 2.34. The van der Waals surface area contributed by atoms with E-state index in [1.165, 1.54) is 0 Å². The van der Waals surface area contributed by atoms with E-state index in [9.17, 15) is 9.59 Å². The van der Waals surface area contributed by atoms with Gasteiger partial charge in [-0.3, -0.25) is 9.59 Å². The molecule has 1 aliphatic heterocycles. The molecule has 2 rings (SSSR count). The molecule has 2 unspecified atom stereocenters. The standard InChI is InChI=1S/C14H23NO4/c16-9-10-4-6-15(7-5-10)13(17)11-2-1-3-12(8-11)14(18)19/h10-12,16H,1-9H2,(H,18,19). The highest BCUT2D eigenvalue weighted by molar-refractivity contribution is 5.80. The summed E-state index contributed by atoms with van der Waals surface area (Å²) in [5, 5.41) is 18.2. The Balaban J connectivity index is 1.87. The van der Waals surface area contributed by atoms with Crippen molar-refractivity contribution in [3.05, 3.63) is 0 Å². The number of piperidine rings is 1. The Morgan fingerprint density at radius 3 is 2.26 bits per heavy atom. The summed E-state index contributed by atoms with van der Waals surface area (Å²) in [5.41, 5.74) is 0. The summed E-state index contributed by atoms with van der Waals surface area (Å²) in [6.07, 6.45) is 4.57. The first-order chi connectivity index (χ1) is 9.11. The molecule has 2 atom stereocenters. The number of hydrogen-bond acceptors (Lipinski definition) is 3. The number of carbonyl (C=O) groups is 2. The molecule has 108 valence electrons. The van der Waals surface area contributed by atoms with Crippen molar-refractivity contribution in [3.8, 4) is 0 Å². The topological polar surface area (TPSA) is 77.8 Å². The molecule has 0 radical (unpaired) electrons. The molecule has 19 heavy (non-hydrogen) atoms. The Morgan fingerprint density at radius 1 is 1.05 bits per heavy atom. The Bertz CT molecular complexity index is 336. The number of amides is 1. The van der Waals surface area contributed by atoms with Crippen LogP contribution in [0, 0.1) is 17.8 Å². The number of carboxylic acid groups (broad SMARTS) is 1. The van der Waals surface area contributed by atoms with Crippen LogP contribution in [0.2, 0.25) is 0 Å². The maximum absolute atomic E-state index is 12.4. The zero-order valence-corrected chi connectivity index (χ0v) is 11.3. The third-order valence-electron chi connectivity index (χ3n) is 4.56. The smallest absolute Gasteiger partial charge is 0.306 e. The van der Waals surface area contributed by atoms with E-state index in [1.54, 1.807) is 0 Å². The fourth-order valence-corrected chi connectivity index (χ4v) is 3.23. The van der Waals surface area contributed by atoms with Crippen LogP contribution in [0.1, 0.15) is 38.5 Å². The van der Waals surface area contributed by atoms with Crippen LogP contribution in [0.15, 0.2) is 0 Å². The average molecular weight is 269 g/mol. The van der Waals surface area contributed by atoms with E-state index >= 15 is 0 Å². The monoisotopic (exact) mass is 269 g/mol. The van der Waals surface area contributed by atoms with Gasteiger partial charge in [-0.25, -0.2) is 0 Å². The predicted molar refractivity (Wildman–Crippen MR) is 69.5 cm³/mol. The number of aliphatic hydroxyl groups excluding tert-OH is 1. The first-order valence-corrected chi connectivity index (χ1v) is 7.24. The largest absolute Gasteiger partial charge is 0.481 e. The molecular weight excluding hydrogens is 246 g/mol. The van der Waals surface area contributed by atoms with Crippen molar-refractivity contribution >= 4 is 11.9 Å². The average Bonchev–Trinajstić information content (AvgIpc) is 2.46. The molecule has 0 spiro atoms. The summed E-state index contributed by atoms with van der Waals surface area (Å²) in [7, 11) is 0. The lowest BCUT2D eigenvalue weighted by molar-refractivity contribution is -0.146. The van der Waals surface area contributed by atoms with Crippen LogP contribution in [0.4, 0.5) is 0 Å². The summed E-state index contributed by atoms with van der Waals surface area (Å²) in [6.45, 7) is 1.61. The number of carbonyl (C=O) groups excluding carboxylic acids is 1. The van der Waals surface area contributed by atoms with E-state index < -0.39 is 5.97 Å². The number of hydrogen-bond donors (Lipinski definition) is 2. The van der Waals surface area contributed by atoms with E-state index in [1.807, 2.05) is 4.90 Å². The van der Waals surface area contributed by atoms with Crippen LogP contribution in [0.5, 0.6) is 0 Å². The maximum atomic E-state index is 12.4. The summed E-state index contributed by atoms with van der Waals surface area (Å²) >= 11 is 0. The van der Waals surface area contributed by atoms with Gasteiger partial charge in [-0.2, -0.15) is 0 Å². The molecule has 0 aromatic carbocycles. The van der Waals surface area contributed by atoms with Crippen molar-refractivity contribution in [1.82, 2.24) is 4.90 Å². The SMILES string of the molecule is O=C(O)C1CCCC(C(=O)N2CCC(CO)CC2)C1. The van der Waals surface area contributed by atoms with Gasteiger partial charge in [0.1, 0.15) is 0 Å². The van der Waals surface area contributed by atoms with E-state index in [0.29, 0.717) is 31.8 Å². The van der Waals surface area contributed by atoms with Crippen LogP contribution < -0.4 is 0 Å². The third kappa shape index (κ3) is 3.47. The van der Waals surface area contributed by atoms with Gasteiger partial charge in [0.05, 0.1) is 5.92 Å². The highest BCUT2D eigenvalue weighted by atomic mass is 16.4. The zero-order chi connectivity index (χ0) is 13.8. The number of nitrogens with zero attached hydrogens (tertiary/aromatic N) is 1. The summed E-state index contributed by atoms with van der Waals surface area (Å²) in [5.74, 6) is -0.779. The lowest BCUT2D eigenvalue weighted by Gasteiger charge is -2.35. The van der Waals surface area contributed by atoms with Gasteiger partial charge in [-0.1, -0.05) is 6.42 Å². The molecule has 1 saturated heterocycles. The fraction of sp³-hybridized carbons (Fsp3) is 0.857. The minimum atomic E-state index is -0.767. The Kier molecular flexibility index (Phi) is 4.80. The van der Waals surface area contributed by atoms with Gasteiger partial charge in [0.25, 0.3) is 0 Å². The Hall–Kier alpha value is -1.10. The highest BCUT2D eigenvalue weighted by Crippen LogP contribution is 2.31. The van der Waals surface area contributed by atoms with Gasteiger partial charge in [-0.15, -0.1) is 0 Å². The molecule has 1 heterocycles. The van der Waals surface area contributed by atoms with Crippen LogP contribution in [-0.4, -0.2) is 46.7 Å². The van der Waals surface area contributed by atoms with E-state index in [4.69, 9.17) is 10.2 Å². The van der Waals surface area contributed by atoms with Crippen LogP contribution in [0.3, 0.4) is 0 Å². The first-order valence-electron chi connectivity index (χ1n) is 7.24.